The van der Waals surface area contributed by atoms with E-state index >= 15 is 0 Å². The van der Waals surface area contributed by atoms with Crippen molar-refractivity contribution >= 4 is 50.8 Å². The van der Waals surface area contributed by atoms with Gasteiger partial charge in [-0.3, -0.25) is 9.36 Å². The number of rotatable bonds is 5. The summed E-state index contributed by atoms with van der Waals surface area (Å²) in [5, 5.41) is 9.77. The molecule has 11 heteroatoms. The van der Waals surface area contributed by atoms with Gasteiger partial charge in [-0.1, -0.05) is 35.3 Å². The van der Waals surface area contributed by atoms with Crippen molar-refractivity contribution < 1.29 is 13.2 Å². The lowest BCUT2D eigenvalue weighted by atomic mass is 9.91. The molecule has 180 valence electrons. The Morgan fingerprint density at radius 3 is 2.31 bits per heavy atom. The molecule has 3 heterocycles. The van der Waals surface area contributed by atoms with Gasteiger partial charge in [0.1, 0.15) is 5.54 Å². The summed E-state index contributed by atoms with van der Waals surface area (Å²) in [5.74, 6) is -0.177. The summed E-state index contributed by atoms with van der Waals surface area (Å²) in [7, 11) is -3.88. The molecule has 1 amide bonds. The molecular formula is C24H21Cl2N5O3S. The van der Waals surface area contributed by atoms with Crippen LogP contribution in [0.4, 0.5) is 11.6 Å². The minimum absolute atomic E-state index is 0.0329. The number of carbonyl (C=O) groups is 1. The van der Waals surface area contributed by atoms with Gasteiger partial charge in [0.2, 0.25) is 5.95 Å². The van der Waals surface area contributed by atoms with Crippen LogP contribution in [-0.2, 0) is 26.8 Å². The summed E-state index contributed by atoms with van der Waals surface area (Å²) in [6, 6.07) is 13.7. The first-order valence-electron chi connectivity index (χ1n) is 11.0. The SMILES string of the molecule is C[C@@]1(Cc2ccc(C#N)cc2)C(=O)N(c2cc(Cl)cc(Cl)c2)c2ncc(S(=O)(=O)N3CCCC3)n21. The molecule has 0 spiro atoms. The highest BCUT2D eigenvalue weighted by atomic mass is 35.5. The van der Waals surface area contributed by atoms with Crippen LogP contribution in [0.2, 0.25) is 10.0 Å². The van der Waals surface area contributed by atoms with Crippen LogP contribution in [0.5, 0.6) is 0 Å². The Hall–Kier alpha value is -2.90. The van der Waals surface area contributed by atoms with Crippen molar-refractivity contribution in [3.63, 3.8) is 0 Å². The van der Waals surface area contributed by atoms with Gasteiger partial charge in [0.05, 0.1) is 23.5 Å². The van der Waals surface area contributed by atoms with Gasteiger partial charge in [-0.15, -0.1) is 0 Å². The van der Waals surface area contributed by atoms with Crippen LogP contribution in [0.3, 0.4) is 0 Å². The van der Waals surface area contributed by atoms with Gasteiger partial charge < -0.3 is 0 Å². The number of hydrogen-bond donors (Lipinski definition) is 0. The molecule has 0 radical (unpaired) electrons. The molecule has 1 fully saturated rings. The van der Waals surface area contributed by atoms with Crippen molar-refractivity contribution in [1.82, 2.24) is 13.9 Å². The molecule has 2 aliphatic rings. The van der Waals surface area contributed by atoms with Gasteiger partial charge in [-0.05, 0) is 55.7 Å². The Kier molecular flexibility index (Phi) is 5.88. The molecule has 8 nitrogen and oxygen atoms in total. The standard InChI is InChI=1S/C24H21Cl2N5O3S/c1-24(13-16-4-6-17(14-27)7-5-16)22(32)30(20-11-18(25)10-19(26)12-20)23-28-15-21(31(23)24)35(33,34)29-8-2-3-9-29/h4-7,10-12,15H,2-3,8-9,13H2,1H3/t24-/m1/s1. The zero-order valence-electron chi connectivity index (χ0n) is 18.8. The quantitative estimate of drug-likeness (QED) is 0.484. The molecule has 5 rings (SSSR count). The van der Waals surface area contributed by atoms with Crippen LogP contribution < -0.4 is 4.90 Å². The minimum Gasteiger partial charge on any atom is -0.284 e. The Morgan fingerprint density at radius 2 is 1.71 bits per heavy atom. The highest BCUT2D eigenvalue weighted by Crippen LogP contribution is 2.45. The second kappa shape index (κ2) is 8.64. The van der Waals surface area contributed by atoms with E-state index < -0.39 is 15.6 Å². The lowest BCUT2D eigenvalue weighted by molar-refractivity contribution is -0.124. The number of aromatic nitrogens is 2. The van der Waals surface area contributed by atoms with E-state index in [1.807, 2.05) is 0 Å². The third-order valence-electron chi connectivity index (χ3n) is 6.47. The predicted molar refractivity (Wildman–Crippen MR) is 132 cm³/mol. The van der Waals surface area contributed by atoms with Gasteiger partial charge in [-0.2, -0.15) is 9.57 Å². The molecule has 3 aromatic rings. The highest BCUT2D eigenvalue weighted by Gasteiger charge is 2.52. The number of anilines is 2. The van der Waals surface area contributed by atoms with Crippen molar-refractivity contribution in [3.8, 4) is 6.07 Å². The number of amides is 1. The molecule has 1 saturated heterocycles. The maximum atomic E-state index is 14.0. The molecule has 1 aromatic heterocycles. The van der Waals surface area contributed by atoms with Crippen LogP contribution in [0.15, 0.2) is 53.7 Å². The number of halogens is 2. The van der Waals surface area contributed by atoms with E-state index in [0.29, 0.717) is 34.4 Å². The number of imidazole rings is 1. The monoisotopic (exact) mass is 529 g/mol. The largest absolute Gasteiger partial charge is 0.284 e. The Bertz CT molecular complexity index is 1450. The van der Waals surface area contributed by atoms with E-state index in [1.165, 1.54) is 20.0 Å². The Morgan fingerprint density at radius 1 is 1.09 bits per heavy atom. The third kappa shape index (κ3) is 3.91. The molecule has 0 bridgehead atoms. The number of nitrogens with zero attached hydrogens (tertiary/aromatic N) is 5. The molecule has 0 unspecified atom stereocenters. The highest BCUT2D eigenvalue weighted by molar-refractivity contribution is 7.89. The van der Waals surface area contributed by atoms with Crippen molar-refractivity contribution in [2.24, 2.45) is 0 Å². The predicted octanol–water partition coefficient (Wildman–Crippen LogP) is 4.48. The van der Waals surface area contributed by atoms with Gasteiger partial charge in [0.25, 0.3) is 15.9 Å². The van der Waals surface area contributed by atoms with Crippen LogP contribution in [0.1, 0.15) is 30.9 Å². The van der Waals surface area contributed by atoms with Crippen molar-refractivity contribution in [2.45, 2.75) is 36.8 Å². The van der Waals surface area contributed by atoms with Gasteiger partial charge in [0, 0.05) is 29.6 Å². The molecule has 2 aromatic carbocycles. The van der Waals surface area contributed by atoms with Crippen LogP contribution in [0, 0.1) is 11.3 Å². The molecular weight excluding hydrogens is 509 g/mol. The summed E-state index contributed by atoms with van der Waals surface area (Å²) in [5.41, 5.74) is 0.354. The zero-order chi connectivity index (χ0) is 25.0. The fraction of sp³-hybridized carbons (Fsp3) is 0.292. The Labute approximate surface area is 213 Å². The normalized spacial score (nSPS) is 20.3. The lowest BCUT2D eigenvalue weighted by Gasteiger charge is -2.27. The van der Waals surface area contributed by atoms with Gasteiger partial charge in [0.15, 0.2) is 5.03 Å². The van der Waals surface area contributed by atoms with Gasteiger partial charge in [-0.25, -0.2) is 18.3 Å². The summed E-state index contributed by atoms with van der Waals surface area (Å²) < 4.78 is 30.1. The van der Waals surface area contributed by atoms with Gasteiger partial charge >= 0.3 is 0 Å². The van der Waals surface area contributed by atoms with Crippen molar-refractivity contribution in [3.05, 3.63) is 69.8 Å². The second-order valence-electron chi connectivity index (χ2n) is 8.87. The number of carbonyl (C=O) groups excluding carboxylic acids is 1. The minimum atomic E-state index is -3.88. The van der Waals surface area contributed by atoms with Crippen molar-refractivity contribution in [1.29, 1.82) is 5.26 Å². The zero-order valence-corrected chi connectivity index (χ0v) is 21.1. The molecule has 35 heavy (non-hydrogen) atoms. The van der Waals surface area contributed by atoms with Crippen molar-refractivity contribution in [2.75, 3.05) is 18.0 Å². The molecule has 1 atom stereocenters. The smallest absolute Gasteiger partial charge is 0.260 e. The second-order valence-corrected chi connectivity index (χ2v) is 11.6. The fourth-order valence-corrected chi connectivity index (χ4v) is 6.99. The Balaban J connectivity index is 1.68. The average Bonchev–Trinajstić information content (AvgIpc) is 3.54. The number of nitriles is 1. The molecule has 0 N–H and O–H groups in total. The molecule has 0 saturated carbocycles. The van der Waals surface area contributed by atoms with E-state index in [2.05, 4.69) is 11.1 Å². The summed E-state index contributed by atoms with van der Waals surface area (Å²) >= 11 is 12.4. The van der Waals surface area contributed by atoms with E-state index in [9.17, 15) is 13.2 Å². The van der Waals surface area contributed by atoms with E-state index in [0.717, 1.165) is 18.4 Å². The molecule has 2 aliphatic heterocycles. The third-order valence-corrected chi connectivity index (χ3v) is 8.77. The number of sulfonamides is 1. The first kappa shape index (κ1) is 23.8. The summed E-state index contributed by atoms with van der Waals surface area (Å²) in [4.78, 5) is 19.8. The fourth-order valence-electron chi connectivity index (χ4n) is 4.77. The first-order chi connectivity index (χ1) is 16.6. The average molecular weight is 530 g/mol. The van der Waals surface area contributed by atoms with Crippen LogP contribution >= 0.6 is 23.2 Å². The van der Waals surface area contributed by atoms with E-state index in [-0.39, 0.29) is 23.3 Å². The maximum absolute atomic E-state index is 14.0. The topological polar surface area (TPSA) is 99.3 Å². The lowest BCUT2D eigenvalue weighted by Crippen LogP contribution is -2.43. The maximum Gasteiger partial charge on any atom is 0.260 e. The summed E-state index contributed by atoms with van der Waals surface area (Å²) in [6.45, 7) is 2.56. The molecule has 0 aliphatic carbocycles. The van der Waals surface area contributed by atoms with Crippen LogP contribution in [-0.4, -0.2) is 41.3 Å². The number of benzene rings is 2. The van der Waals surface area contributed by atoms with Crippen LogP contribution in [0.25, 0.3) is 0 Å². The van der Waals surface area contributed by atoms with E-state index in [4.69, 9.17) is 28.5 Å². The summed E-state index contributed by atoms with van der Waals surface area (Å²) in [6.07, 6.45) is 3.07. The number of fused-ring (bicyclic) bond motifs is 1. The first-order valence-corrected chi connectivity index (χ1v) is 13.2. The number of hydrogen-bond acceptors (Lipinski definition) is 5. The van der Waals surface area contributed by atoms with E-state index in [1.54, 1.807) is 49.4 Å².